The number of nitrogens with one attached hydrogen (secondary N) is 1. The van der Waals surface area contributed by atoms with Crippen LogP contribution in [0.5, 0.6) is 0 Å². The standard InChI is InChI=1S/C15H29N3OS2/c1-14(2)12-18(7-10-21-14)13(16-3)17-11-15(20-4)5-8-19-9-6-15/h5-12H2,1-4H3,(H,16,17). The molecule has 0 unspecified atom stereocenters. The monoisotopic (exact) mass is 331 g/mol. The first-order chi connectivity index (χ1) is 10.0. The molecule has 0 aromatic carbocycles. The molecule has 0 aliphatic carbocycles. The van der Waals surface area contributed by atoms with Gasteiger partial charge in [-0.3, -0.25) is 4.99 Å². The van der Waals surface area contributed by atoms with Crippen molar-refractivity contribution in [3.8, 4) is 0 Å². The summed E-state index contributed by atoms with van der Waals surface area (Å²) in [7, 11) is 1.90. The minimum atomic E-state index is 0.300. The van der Waals surface area contributed by atoms with Crippen LogP contribution in [0.1, 0.15) is 26.7 Å². The molecule has 0 aromatic heterocycles. The van der Waals surface area contributed by atoms with Crippen LogP contribution in [0.15, 0.2) is 4.99 Å². The van der Waals surface area contributed by atoms with Crippen molar-refractivity contribution in [1.82, 2.24) is 10.2 Å². The maximum absolute atomic E-state index is 5.52. The zero-order valence-electron chi connectivity index (χ0n) is 13.8. The number of aliphatic imine (C=N–C) groups is 1. The number of hydrogen-bond acceptors (Lipinski definition) is 4. The van der Waals surface area contributed by atoms with Gasteiger partial charge in [0.1, 0.15) is 0 Å². The Balaban J connectivity index is 1.93. The lowest BCUT2D eigenvalue weighted by atomic mass is 9.99. The maximum Gasteiger partial charge on any atom is 0.193 e. The Morgan fingerprint density at radius 2 is 2.10 bits per heavy atom. The van der Waals surface area contributed by atoms with Crippen molar-refractivity contribution < 1.29 is 4.74 Å². The van der Waals surface area contributed by atoms with E-state index in [1.807, 2.05) is 18.8 Å². The van der Waals surface area contributed by atoms with E-state index in [0.29, 0.717) is 9.49 Å². The van der Waals surface area contributed by atoms with Crippen molar-refractivity contribution in [2.75, 3.05) is 51.9 Å². The van der Waals surface area contributed by atoms with Crippen LogP contribution < -0.4 is 5.32 Å². The highest BCUT2D eigenvalue weighted by molar-refractivity contribution is 8.00. The van der Waals surface area contributed by atoms with E-state index in [9.17, 15) is 0 Å². The second kappa shape index (κ2) is 7.47. The number of thioether (sulfide) groups is 2. The van der Waals surface area contributed by atoms with Crippen LogP contribution in [0, 0.1) is 0 Å². The van der Waals surface area contributed by atoms with Gasteiger partial charge in [-0.15, -0.1) is 0 Å². The van der Waals surface area contributed by atoms with E-state index >= 15 is 0 Å². The van der Waals surface area contributed by atoms with Crippen molar-refractivity contribution in [2.45, 2.75) is 36.2 Å². The fourth-order valence-corrected chi connectivity index (χ4v) is 4.87. The lowest BCUT2D eigenvalue weighted by molar-refractivity contribution is 0.0781. The summed E-state index contributed by atoms with van der Waals surface area (Å²) in [5.74, 6) is 2.23. The van der Waals surface area contributed by atoms with Gasteiger partial charge in [-0.25, -0.2) is 0 Å². The number of hydrogen-bond donors (Lipinski definition) is 1. The molecule has 21 heavy (non-hydrogen) atoms. The molecule has 2 fully saturated rings. The zero-order valence-corrected chi connectivity index (χ0v) is 15.4. The predicted octanol–water partition coefficient (Wildman–Crippen LogP) is 2.30. The van der Waals surface area contributed by atoms with Gasteiger partial charge in [0.2, 0.25) is 0 Å². The lowest BCUT2D eigenvalue weighted by Gasteiger charge is -2.41. The Kier molecular flexibility index (Phi) is 6.15. The molecule has 2 rings (SSSR count). The number of nitrogens with zero attached hydrogens (tertiary/aromatic N) is 2. The summed E-state index contributed by atoms with van der Waals surface area (Å²) in [6, 6.07) is 0. The van der Waals surface area contributed by atoms with E-state index in [-0.39, 0.29) is 0 Å². The number of guanidine groups is 1. The topological polar surface area (TPSA) is 36.9 Å². The third-order valence-electron chi connectivity index (χ3n) is 4.34. The summed E-state index contributed by atoms with van der Waals surface area (Å²) >= 11 is 4.03. The fraction of sp³-hybridized carbons (Fsp3) is 0.933. The van der Waals surface area contributed by atoms with E-state index < -0.39 is 0 Å². The zero-order chi connectivity index (χ0) is 15.3. The van der Waals surface area contributed by atoms with Crippen LogP contribution in [0.2, 0.25) is 0 Å². The number of rotatable bonds is 3. The van der Waals surface area contributed by atoms with Gasteiger partial charge < -0.3 is 15.0 Å². The quantitative estimate of drug-likeness (QED) is 0.634. The molecule has 0 bridgehead atoms. The summed E-state index contributed by atoms with van der Waals surface area (Å²) in [5, 5.41) is 3.63. The summed E-state index contributed by atoms with van der Waals surface area (Å²) in [6.07, 6.45) is 4.47. The Labute approximate surface area is 137 Å². The van der Waals surface area contributed by atoms with Gasteiger partial charge in [-0.05, 0) is 32.9 Å². The minimum Gasteiger partial charge on any atom is -0.381 e. The Bertz CT molecular complexity index is 368. The summed E-state index contributed by atoms with van der Waals surface area (Å²) in [4.78, 5) is 6.92. The molecular formula is C15H29N3OS2. The smallest absolute Gasteiger partial charge is 0.193 e. The Morgan fingerprint density at radius 3 is 2.67 bits per heavy atom. The van der Waals surface area contributed by atoms with Gasteiger partial charge in [0.05, 0.1) is 0 Å². The highest BCUT2D eigenvalue weighted by Crippen LogP contribution is 2.33. The van der Waals surface area contributed by atoms with Crippen molar-refractivity contribution in [2.24, 2.45) is 4.99 Å². The van der Waals surface area contributed by atoms with Gasteiger partial charge in [0.15, 0.2) is 5.96 Å². The molecule has 122 valence electrons. The summed E-state index contributed by atoms with van der Waals surface area (Å²) in [5.41, 5.74) is 0. The van der Waals surface area contributed by atoms with Crippen LogP contribution >= 0.6 is 23.5 Å². The van der Waals surface area contributed by atoms with Crippen LogP contribution in [0.25, 0.3) is 0 Å². The molecule has 1 N–H and O–H groups in total. The van der Waals surface area contributed by atoms with E-state index in [1.54, 1.807) is 0 Å². The second-order valence-electron chi connectivity index (χ2n) is 6.43. The number of ether oxygens (including phenoxy) is 1. The van der Waals surface area contributed by atoms with E-state index in [4.69, 9.17) is 4.74 Å². The molecule has 0 radical (unpaired) electrons. The summed E-state index contributed by atoms with van der Waals surface area (Å²) in [6.45, 7) is 9.53. The van der Waals surface area contributed by atoms with Crippen LogP contribution in [0.3, 0.4) is 0 Å². The molecule has 2 heterocycles. The average Bonchev–Trinajstić information content (AvgIpc) is 2.48. The van der Waals surface area contributed by atoms with Crippen molar-refractivity contribution in [3.63, 3.8) is 0 Å². The van der Waals surface area contributed by atoms with E-state index in [0.717, 1.165) is 51.6 Å². The molecule has 2 saturated heterocycles. The highest BCUT2D eigenvalue weighted by Gasteiger charge is 2.33. The first-order valence-corrected chi connectivity index (χ1v) is 9.94. The van der Waals surface area contributed by atoms with Gasteiger partial charge in [-0.1, -0.05) is 0 Å². The molecule has 0 atom stereocenters. The lowest BCUT2D eigenvalue weighted by Crippen LogP contribution is -2.54. The van der Waals surface area contributed by atoms with Gasteiger partial charge in [-0.2, -0.15) is 23.5 Å². The van der Waals surface area contributed by atoms with Crippen molar-refractivity contribution >= 4 is 29.5 Å². The largest absolute Gasteiger partial charge is 0.381 e. The van der Waals surface area contributed by atoms with Crippen LogP contribution in [-0.2, 0) is 4.74 Å². The van der Waals surface area contributed by atoms with Crippen LogP contribution in [-0.4, -0.2) is 72.3 Å². The first kappa shape index (κ1) is 17.3. The van der Waals surface area contributed by atoms with Crippen molar-refractivity contribution in [1.29, 1.82) is 0 Å². The molecule has 0 aromatic rings. The van der Waals surface area contributed by atoms with Gasteiger partial charge in [0.25, 0.3) is 0 Å². The van der Waals surface area contributed by atoms with Gasteiger partial charge >= 0.3 is 0 Å². The average molecular weight is 332 g/mol. The predicted molar refractivity (Wildman–Crippen MR) is 95.8 cm³/mol. The van der Waals surface area contributed by atoms with Gasteiger partial charge in [0, 0.05) is 55.1 Å². The first-order valence-electron chi connectivity index (χ1n) is 7.73. The third kappa shape index (κ3) is 4.70. The molecule has 2 aliphatic rings. The molecule has 6 heteroatoms. The maximum atomic E-state index is 5.52. The normalized spacial score (nSPS) is 25.7. The summed E-state index contributed by atoms with van der Waals surface area (Å²) < 4.78 is 6.13. The second-order valence-corrected chi connectivity index (χ2v) is 9.51. The minimum absolute atomic E-state index is 0.300. The fourth-order valence-electron chi connectivity index (χ4n) is 2.97. The molecule has 2 aliphatic heterocycles. The van der Waals surface area contributed by atoms with E-state index in [1.165, 1.54) is 5.75 Å². The molecule has 0 amide bonds. The SMILES string of the molecule is CN=C(NCC1(SC)CCOCC1)N1CCSC(C)(C)C1. The van der Waals surface area contributed by atoms with Crippen molar-refractivity contribution in [3.05, 3.63) is 0 Å². The van der Waals surface area contributed by atoms with Crippen LogP contribution in [0.4, 0.5) is 0 Å². The van der Waals surface area contributed by atoms with E-state index in [2.05, 4.69) is 47.1 Å². The third-order valence-corrected chi connectivity index (χ3v) is 7.06. The molecular weight excluding hydrogens is 302 g/mol. The highest BCUT2D eigenvalue weighted by atomic mass is 32.2. The Hall–Kier alpha value is -0.0700. The molecule has 4 nitrogen and oxygen atoms in total. The molecule has 0 spiro atoms. The molecule has 0 saturated carbocycles. The Morgan fingerprint density at radius 1 is 1.38 bits per heavy atom.